The molecule has 0 radical (unpaired) electrons. The lowest BCUT2D eigenvalue weighted by Crippen LogP contribution is -2.48. The number of fused-ring (bicyclic) bond motifs is 4. The predicted octanol–water partition coefficient (Wildman–Crippen LogP) is 6.59. The van der Waals surface area contributed by atoms with Gasteiger partial charge in [0, 0.05) is 43.1 Å². The van der Waals surface area contributed by atoms with Crippen LogP contribution in [0.4, 0.5) is 11.9 Å². The van der Waals surface area contributed by atoms with Crippen molar-refractivity contribution < 1.29 is 22.7 Å². The predicted molar refractivity (Wildman–Crippen MR) is 203 cm³/mol. The van der Waals surface area contributed by atoms with Crippen LogP contribution in [0.25, 0.3) is 11.3 Å². The maximum absolute atomic E-state index is 14.7. The Morgan fingerprint density at radius 1 is 1.02 bits per heavy atom. The molecule has 1 amide bonds. The zero-order chi connectivity index (χ0) is 37.5. The summed E-state index contributed by atoms with van der Waals surface area (Å²) in [7, 11) is -2.49. The van der Waals surface area contributed by atoms with E-state index in [9.17, 15) is 13.2 Å². The number of aromatic nitrogens is 4. The van der Waals surface area contributed by atoms with Gasteiger partial charge >= 0.3 is 0 Å². The van der Waals surface area contributed by atoms with Gasteiger partial charge in [0.25, 0.3) is 15.9 Å². The van der Waals surface area contributed by atoms with E-state index in [-0.39, 0.29) is 46.8 Å². The standard InChI is InChI=1S/C40H49N7O5S/c1-26-9-7-10-27(2)35(26)33-20-34-44-37(43-33)45-53(49,50)32-12-8-11-28(19-32)36(48)47(31(25-52-34)21-39(3,4)5)24-29-13-16-41-38(42-29)46(17-18-51-6)30-22-40(23-30)14-15-40/h7-13,16,19-20,30-31H,14-15,17-18,21-25H2,1-6H3,(H,43,44,45)/t31-/m1/s1. The van der Waals surface area contributed by atoms with Crippen molar-refractivity contribution in [2.75, 3.05) is 36.5 Å². The molecule has 0 unspecified atom stereocenters. The van der Waals surface area contributed by atoms with Crippen LogP contribution in [0.2, 0.25) is 0 Å². The van der Waals surface area contributed by atoms with E-state index in [0.717, 1.165) is 29.5 Å². The zero-order valence-electron chi connectivity index (χ0n) is 31.4. The summed E-state index contributed by atoms with van der Waals surface area (Å²) in [5.74, 6) is 0.360. The fourth-order valence-corrected chi connectivity index (χ4v) is 8.70. The van der Waals surface area contributed by atoms with Gasteiger partial charge in [-0.3, -0.25) is 4.79 Å². The number of benzene rings is 2. The van der Waals surface area contributed by atoms with Crippen LogP contribution >= 0.6 is 0 Å². The van der Waals surface area contributed by atoms with E-state index >= 15 is 0 Å². The van der Waals surface area contributed by atoms with Crippen LogP contribution in [0.1, 0.15) is 80.1 Å². The van der Waals surface area contributed by atoms with Gasteiger partial charge in [-0.25, -0.2) is 28.1 Å². The third-order valence-electron chi connectivity index (χ3n) is 10.6. The van der Waals surface area contributed by atoms with Crippen molar-refractivity contribution in [1.29, 1.82) is 0 Å². The van der Waals surface area contributed by atoms with Gasteiger partial charge in [-0.1, -0.05) is 45.0 Å². The first-order valence-electron chi connectivity index (χ1n) is 18.3. The second-order valence-electron chi connectivity index (χ2n) is 16.1. The molecule has 2 fully saturated rings. The molecule has 0 saturated heterocycles. The number of aryl methyl sites for hydroxylation is 2. The van der Waals surface area contributed by atoms with Crippen molar-refractivity contribution >= 4 is 27.8 Å². The summed E-state index contributed by atoms with van der Waals surface area (Å²) in [6, 6.07) is 15.5. The molecule has 53 heavy (non-hydrogen) atoms. The molecule has 280 valence electrons. The number of hydrogen-bond acceptors (Lipinski definition) is 10. The Labute approximate surface area is 312 Å². The number of ether oxygens (including phenoxy) is 2. The van der Waals surface area contributed by atoms with Crippen molar-refractivity contribution in [3.05, 3.63) is 83.2 Å². The minimum absolute atomic E-state index is 0.0782. The summed E-state index contributed by atoms with van der Waals surface area (Å²) in [4.78, 5) is 37.5. The second kappa shape index (κ2) is 14.3. The van der Waals surface area contributed by atoms with Gasteiger partial charge in [-0.15, -0.1) is 0 Å². The van der Waals surface area contributed by atoms with Crippen molar-refractivity contribution in [3.63, 3.8) is 0 Å². The molecule has 1 atom stereocenters. The van der Waals surface area contributed by atoms with Gasteiger partial charge in [0.15, 0.2) is 0 Å². The number of hydrogen-bond donors (Lipinski definition) is 1. The number of rotatable bonds is 9. The first kappa shape index (κ1) is 36.7. The number of methoxy groups -OCH3 is 1. The van der Waals surface area contributed by atoms with Crippen molar-refractivity contribution in [2.45, 2.75) is 90.2 Å². The molecular formula is C40H49N7O5S. The van der Waals surface area contributed by atoms with E-state index in [1.165, 1.54) is 25.0 Å². The number of nitrogens with zero attached hydrogens (tertiary/aromatic N) is 6. The molecule has 2 saturated carbocycles. The van der Waals surface area contributed by atoms with Gasteiger partial charge in [0.05, 0.1) is 35.5 Å². The highest BCUT2D eigenvalue weighted by Crippen LogP contribution is 2.62. The molecule has 1 spiro atoms. The highest BCUT2D eigenvalue weighted by Gasteiger charge is 2.54. The van der Waals surface area contributed by atoms with Crippen molar-refractivity contribution in [2.24, 2.45) is 10.8 Å². The first-order chi connectivity index (χ1) is 25.2. The van der Waals surface area contributed by atoms with Crippen LogP contribution in [0.3, 0.4) is 0 Å². The summed E-state index contributed by atoms with van der Waals surface area (Å²) in [5, 5.41) is 0. The molecule has 1 N–H and O–H groups in total. The number of amides is 1. The summed E-state index contributed by atoms with van der Waals surface area (Å²) in [5.41, 5.74) is 4.54. The summed E-state index contributed by atoms with van der Waals surface area (Å²) in [6.45, 7) is 11.8. The van der Waals surface area contributed by atoms with E-state index in [2.05, 4.69) is 45.3 Å². The molecule has 4 aromatic rings. The van der Waals surface area contributed by atoms with Crippen LogP contribution in [-0.4, -0.2) is 78.1 Å². The molecule has 4 bridgehead atoms. The fraction of sp³-hybridized carbons (Fsp3) is 0.475. The molecule has 13 heteroatoms. The zero-order valence-corrected chi connectivity index (χ0v) is 32.2. The first-order valence-corrected chi connectivity index (χ1v) is 19.8. The Kier molecular flexibility index (Phi) is 9.92. The number of nitrogens with one attached hydrogen (secondary N) is 1. The molecule has 3 heterocycles. The summed E-state index contributed by atoms with van der Waals surface area (Å²) < 4.78 is 42.1. The maximum Gasteiger partial charge on any atom is 0.264 e. The second-order valence-corrected chi connectivity index (χ2v) is 17.8. The van der Waals surface area contributed by atoms with Crippen LogP contribution in [0.15, 0.2) is 65.7 Å². The molecular weight excluding hydrogens is 691 g/mol. The van der Waals surface area contributed by atoms with Gasteiger partial charge in [0.1, 0.15) is 6.61 Å². The normalized spacial score (nSPS) is 19.2. The quantitative estimate of drug-likeness (QED) is 0.200. The maximum atomic E-state index is 14.7. The van der Waals surface area contributed by atoms with Gasteiger partial charge in [0.2, 0.25) is 17.8 Å². The van der Waals surface area contributed by atoms with Crippen LogP contribution in [0, 0.1) is 24.7 Å². The number of sulfonamides is 1. The molecule has 7 rings (SSSR count). The van der Waals surface area contributed by atoms with Crippen LogP contribution < -0.4 is 14.4 Å². The van der Waals surface area contributed by atoms with Gasteiger partial charge in [-0.05, 0) is 92.2 Å². The molecule has 2 aromatic heterocycles. The molecule has 3 aliphatic rings. The van der Waals surface area contributed by atoms with Crippen molar-refractivity contribution in [3.8, 4) is 17.1 Å². The molecule has 2 aliphatic carbocycles. The monoisotopic (exact) mass is 739 g/mol. The van der Waals surface area contributed by atoms with Crippen LogP contribution in [0.5, 0.6) is 5.88 Å². The molecule has 1 aliphatic heterocycles. The minimum atomic E-state index is -4.19. The Hall–Kier alpha value is -4.62. The van der Waals surface area contributed by atoms with E-state index in [0.29, 0.717) is 48.4 Å². The Morgan fingerprint density at radius 3 is 2.45 bits per heavy atom. The number of anilines is 2. The third-order valence-corrected chi connectivity index (χ3v) is 11.9. The lowest BCUT2D eigenvalue weighted by Gasteiger charge is -2.43. The SMILES string of the molecule is COCCN(c1nccc(CN2C(=O)c3cccc(c3)S(=O)(=O)Nc3nc(cc(-c4c(C)cccc4C)n3)OC[C@H]2CC(C)(C)C)n1)C1CC2(CC2)C1. The van der Waals surface area contributed by atoms with E-state index in [4.69, 9.17) is 14.5 Å². The Bertz CT molecular complexity index is 2090. The Balaban J connectivity index is 1.29. The average Bonchev–Trinajstić information content (AvgIpc) is 3.90. The summed E-state index contributed by atoms with van der Waals surface area (Å²) >= 11 is 0. The van der Waals surface area contributed by atoms with E-state index in [1.54, 1.807) is 36.4 Å². The van der Waals surface area contributed by atoms with Gasteiger partial charge in [-0.2, -0.15) is 4.98 Å². The number of carbonyl (C=O) groups is 1. The number of carbonyl (C=O) groups excluding carboxylic acids is 1. The molecule has 2 aromatic carbocycles. The average molecular weight is 740 g/mol. The van der Waals surface area contributed by atoms with E-state index in [1.807, 2.05) is 38.1 Å². The Morgan fingerprint density at radius 2 is 1.75 bits per heavy atom. The largest absolute Gasteiger partial charge is 0.475 e. The van der Waals surface area contributed by atoms with Gasteiger partial charge < -0.3 is 19.3 Å². The summed E-state index contributed by atoms with van der Waals surface area (Å²) in [6.07, 6.45) is 7.17. The van der Waals surface area contributed by atoms with E-state index < -0.39 is 16.1 Å². The van der Waals surface area contributed by atoms with Crippen molar-refractivity contribution in [1.82, 2.24) is 24.8 Å². The topological polar surface area (TPSA) is 140 Å². The third kappa shape index (κ3) is 8.16. The highest BCUT2D eigenvalue weighted by atomic mass is 32.2. The van der Waals surface area contributed by atoms with Crippen LogP contribution in [-0.2, 0) is 21.3 Å². The lowest BCUT2D eigenvalue weighted by molar-refractivity contribution is 0.0509. The smallest absolute Gasteiger partial charge is 0.264 e. The fourth-order valence-electron chi connectivity index (χ4n) is 7.71. The minimum Gasteiger partial charge on any atom is -0.475 e. The highest BCUT2D eigenvalue weighted by molar-refractivity contribution is 7.92. The molecule has 12 nitrogen and oxygen atoms in total. The lowest BCUT2D eigenvalue weighted by atomic mass is 9.76.